The van der Waals surface area contributed by atoms with Gasteiger partial charge in [0, 0.05) is 0 Å². The van der Waals surface area contributed by atoms with Gasteiger partial charge in [-0.2, -0.15) is 0 Å². The zero-order valence-corrected chi connectivity index (χ0v) is 14.9. The Labute approximate surface area is 152 Å². The smallest absolute Gasteiger partial charge is 0.408 e. The number of amides is 2. The number of nitrogens with one attached hydrogen (secondary N) is 2. The van der Waals surface area contributed by atoms with Gasteiger partial charge in [0.15, 0.2) is 0 Å². The van der Waals surface area contributed by atoms with Crippen LogP contribution < -0.4 is 10.6 Å². The molecule has 2 aromatic carbocycles. The van der Waals surface area contributed by atoms with E-state index in [9.17, 15) is 14.0 Å². The number of carbonyl (C=O) groups excluding carboxylic acids is 2. The lowest BCUT2D eigenvalue weighted by Gasteiger charge is -2.23. The van der Waals surface area contributed by atoms with Gasteiger partial charge in [-0.1, -0.05) is 62.7 Å². The number of ether oxygens (including phenoxy) is 1. The molecule has 0 radical (unpaired) electrons. The summed E-state index contributed by atoms with van der Waals surface area (Å²) in [6, 6.07) is 14.3. The first-order valence-corrected chi connectivity index (χ1v) is 8.54. The van der Waals surface area contributed by atoms with Crippen molar-refractivity contribution in [1.82, 2.24) is 5.32 Å². The lowest BCUT2D eigenvalue weighted by atomic mass is 9.98. The van der Waals surface area contributed by atoms with Crippen LogP contribution in [0.5, 0.6) is 0 Å². The van der Waals surface area contributed by atoms with Crippen LogP contribution in [-0.2, 0) is 16.1 Å². The zero-order valence-electron chi connectivity index (χ0n) is 14.9. The Bertz CT molecular complexity index is 737. The number of benzene rings is 2. The summed E-state index contributed by atoms with van der Waals surface area (Å²) in [5, 5.41) is 5.10. The minimum atomic E-state index is -0.831. The van der Waals surface area contributed by atoms with Crippen LogP contribution in [-0.4, -0.2) is 18.0 Å². The molecule has 6 heteroatoms. The minimum Gasteiger partial charge on any atom is -0.445 e. The van der Waals surface area contributed by atoms with Crippen LogP contribution in [0.3, 0.4) is 0 Å². The highest BCUT2D eigenvalue weighted by Crippen LogP contribution is 2.15. The van der Waals surface area contributed by atoms with Crippen molar-refractivity contribution in [2.45, 2.75) is 32.9 Å². The van der Waals surface area contributed by atoms with Gasteiger partial charge in [0.2, 0.25) is 5.91 Å². The lowest BCUT2D eigenvalue weighted by molar-refractivity contribution is -0.119. The van der Waals surface area contributed by atoms with Gasteiger partial charge in [-0.05, 0) is 23.6 Å². The Kier molecular flexibility index (Phi) is 7.14. The van der Waals surface area contributed by atoms with Gasteiger partial charge in [0.25, 0.3) is 0 Å². The number of alkyl carbamates (subject to hydrolysis) is 1. The van der Waals surface area contributed by atoms with Crippen molar-refractivity contribution in [3.8, 4) is 0 Å². The molecule has 2 amide bonds. The lowest BCUT2D eigenvalue weighted by Crippen LogP contribution is -2.47. The summed E-state index contributed by atoms with van der Waals surface area (Å²) in [6.07, 6.45) is -0.0308. The highest BCUT2D eigenvalue weighted by atomic mass is 19.1. The first kappa shape index (κ1) is 19.4. The summed E-state index contributed by atoms with van der Waals surface area (Å²) in [6.45, 7) is 3.85. The molecule has 2 rings (SSSR count). The van der Waals surface area contributed by atoms with Crippen molar-refractivity contribution in [2.24, 2.45) is 5.92 Å². The van der Waals surface area contributed by atoms with Crippen LogP contribution in [0.2, 0.25) is 0 Å². The van der Waals surface area contributed by atoms with Crippen molar-refractivity contribution in [3.63, 3.8) is 0 Å². The molecule has 0 aliphatic heterocycles. The van der Waals surface area contributed by atoms with Gasteiger partial charge >= 0.3 is 6.09 Å². The summed E-state index contributed by atoms with van der Waals surface area (Å²) in [7, 11) is 0. The number of hydrogen-bond acceptors (Lipinski definition) is 3. The molecule has 138 valence electrons. The maximum Gasteiger partial charge on any atom is 0.408 e. The van der Waals surface area contributed by atoms with Crippen LogP contribution in [0, 0.1) is 11.7 Å². The molecule has 0 heterocycles. The SMILES string of the molecule is CC[C@H](C)[C@H](NC(=O)OCc1ccccc1)C(=O)Nc1ccccc1F. The van der Waals surface area contributed by atoms with E-state index in [4.69, 9.17) is 4.74 Å². The molecule has 0 unspecified atom stereocenters. The average molecular weight is 358 g/mol. The van der Waals surface area contributed by atoms with Crippen molar-refractivity contribution in [2.75, 3.05) is 5.32 Å². The minimum absolute atomic E-state index is 0.0743. The van der Waals surface area contributed by atoms with E-state index in [0.29, 0.717) is 6.42 Å². The summed E-state index contributed by atoms with van der Waals surface area (Å²) in [4.78, 5) is 24.6. The molecule has 5 nitrogen and oxygen atoms in total. The Balaban J connectivity index is 1.98. The van der Waals surface area contributed by atoms with Crippen molar-refractivity contribution >= 4 is 17.7 Å². The van der Waals surface area contributed by atoms with E-state index in [1.54, 1.807) is 6.07 Å². The molecule has 0 fully saturated rings. The van der Waals surface area contributed by atoms with Crippen LogP contribution in [0.4, 0.5) is 14.9 Å². The first-order valence-electron chi connectivity index (χ1n) is 8.54. The zero-order chi connectivity index (χ0) is 18.9. The summed E-state index contributed by atoms with van der Waals surface area (Å²) in [5.74, 6) is -1.16. The second-order valence-electron chi connectivity index (χ2n) is 6.04. The fourth-order valence-electron chi connectivity index (χ4n) is 2.37. The predicted molar refractivity (Wildman–Crippen MR) is 98.0 cm³/mol. The van der Waals surface area contributed by atoms with Gasteiger partial charge in [-0.3, -0.25) is 4.79 Å². The molecule has 0 spiro atoms. The van der Waals surface area contributed by atoms with Crippen LogP contribution in [0.25, 0.3) is 0 Å². The molecule has 0 aliphatic rings. The Hall–Kier alpha value is -2.89. The maximum absolute atomic E-state index is 13.7. The standard InChI is InChI=1S/C20H23FN2O3/c1-3-14(2)18(19(24)22-17-12-8-7-11-16(17)21)23-20(25)26-13-15-9-5-4-6-10-15/h4-12,14,18H,3,13H2,1-2H3,(H,22,24)(H,23,25)/t14-,18-/m0/s1. The highest BCUT2D eigenvalue weighted by Gasteiger charge is 2.27. The fraction of sp³-hybridized carbons (Fsp3) is 0.300. The number of rotatable bonds is 7. The molecular weight excluding hydrogens is 335 g/mol. The molecular formula is C20H23FN2O3. The molecule has 2 atom stereocenters. The Morgan fingerprint density at radius 2 is 1.73 bits per heavy atom. The third kappa shape index (κ3) is 5.58. The Morgan fingerprint density at radius 3 is 2.38 bits per heavy atom. The van der Waals surface area contributed by atoms with Crippen LogP contribution in [0.15, 0.2) is 54.6 Å². The molecule has 0 saturated heterocycles. The second-order valence-corrected chi connectivity index (χ2v) is 6.04. The van der Waals surface area contributed by atoms with Gasteiger partial charge in [-0.15, -0.1) is 0 Å². The van der Waals surface area contributed by atoms with Crippen LogP contribution in [0.1, 0.15) is 25.8 Å². The van der Waals surface area contributed by atoms with Gasteiger partial charge < -0.3 is 15.4 Å². The summed E-state index contributed by atoms with van der Waals surface area (Å²) in [5.41, 5.74) is 0.920. The maximum atomic E-state index is 13.7. The van der Waals surface area contributed by atoms with E-state index in [1.165, 1.54) is 18.2 Å². The van der Waals surface area contributed by atoms with Crippen molar-refractivity contribution in [1.29, 1.82) is 0 Å². The second kappa shape index (κ2) is 9.56. The van der Waals surface area contributed by atoms with E-state index in [2.05, 4.69) is 10.6 Å². The molecule has 2 aromatic rings. The predicted octanol–water partition coefficient (Wildman–Crippen LogP) is 4.11. The number of para-hydroxylation sites is 1. The van der Waals surface area contributed by atoms with Crippen molar-refractivity contribution < 1.29 is 18.7 Å². The third-order valence-corrected chi connectivity index (χ3v) is 4.11. The average Bonchev–Trinajstić information content (AvgIpc) is 2.66. The monoisotopic (exact) mass is 358 g/mol. The van der Waals surface area contributed by atoms with E-state index < -0.39 is 23.9 Å². The molecule has 0 aliphatic carbocycles. The molecule has 0 saturated carbocycles. The van der Waals surface area contributed by atoms with E-state index >= 15 is 0 Å². The topological polar surface area (TPSA) is 67.4 Å². The largest absolute Gasteiger partial charge is 0.445 e. The van der Waals surface area contributed by atoms with E-state index in [1.807, 2.05) is 44.2 Å². The van der Waals surface area contributed by atoms with Gasteiger partial charge in [0.1, 0.15) is 18.5 Å². The normalized spacial score (nSPS) is 12.7. The fourth-order valence-corrected chi connectivity index (χ4v) is 2.37. The Morgan fingerprint density at radius 1 is 1.08 bits per heavy atom. The third-order valence-electron chi connectivity index (χ3n) is 4.11. The van der Waals surface area contributed by atoms with Crippen LogP contribution >= 0.6 is 0 Å². The molecule has 0 aromatic heterocycles. The number of anilines is 1. The van der Waals surface area contributed by atoms with Gasteiger partial charge in [-0.25, -0.2) is 9.18 Å². The molecule has 2 N–H and O–H groups in total. The quantitative estimate of drug-likeness (QED) is 0.783. The highest BCUT2D eigenvalue weighted by molar-refractivity contribution is 5.96. The molecule has 0 bridgehead atoms. The number of hydrogen-bond donors (Lipinski definition) is 2. The number of carbonyl (C=O) groups is 2. The summed E-state index contributed by atoms with van der Waals surface area (Å²) >= 11 is 0. The van der Waals surface area contributed by atoms with E-state index in [-0.39, 0.29) is 18.2 Å². The first-order chi connectivity index (χ1) is 12.5. The molecule has 26 heavy (non-hydrogen) atoms. The van der Waals surface area contributed by atoms with Gasteiger partial charge in [0.05, 0.1) is 5.69 Å². The van der Waals surface area contributed by atoms with Crippen molar-refractivity contribution in [3.05, 3.63) is 66.0 Å². The van der Waals surface area contributed by atoms with E-state index in [0.717, 1.165) is 5.56 Å². The summed E-state index contributed by atoms with van der Waals surface area (Å²) < 4.78 is 18.9. The number of halogens is 1.